The molecule has 3 aliphatic rings. The summed E-state index contributed by atoms with van der Waals surface area (Å²) >= 11 is 0. The molecule has 4 N–H and O–H groups in total. The Hall–Kier alpha value is -3.73. The van der Waals surface area contributed by atoms with E-state index in [-0.39, 0.29) is 11.6 Å². The first-order valence-electron chi connectivity index (χ1n) is 14.5. The highest BCUT2D eigenvalue weighted by atomic mass is 32.3. The normalized spacial score (nSPS) is 25.1. The molecule has 2 aromatic carbocycles. The van der Waals surface area contributed by atoms with Crippen LogP contribution < -0.4 is 15.4 Å². The summed E-state index contributed by atoms with van der Waals surface area (Å²) in [6.07, 6.45) is -1.14. The van der Waals surface area contributed by atoms with Crippen LogP contribution in [0, 0.1) is 22.2 Å². The molecule has 3 fully saturated rings. The highest BCUT2D eigenvalue weighted by Crippen LogP contribution is 2.68. The molecule has 13 heteroatoms. The zero-order valence-corrected chi connectivity index (χ0v) is 24.7. The lowest BCUT2D eigenvalue weighted by atomic mass is 9.56. The molecule has 2 heterocycles. The van der Waals surface area contributed by atoms with Crippen LogP contribution >= 0.6 is 10.6 Å². The minimum Gasteiger partial charge on any atom is -0.440 e. The number of hydrogen-bond donors (Lipinski definition) is 3. The number of amides is 1. The Bertz CT molecular complexity index is 1570. The van der Waals surface area contributed by atoms with Gasteiger partial charge in [-0.2, -0.15) is 15.9 Å². The largest absolute Gasteiger partial charge is 0.573 e. The molecular formula is C31H33F3N4O5S. The zero-order chi connectivity index (χ0) is 31.3. The van der Waals surface area contributed by atoms with Crippen molar-refractivity contribution in [2.45, 2.75) is 50.8 Å². The number of oxazole rings is 1. The molecule has 6 rings (SSSR count). The van der Waals surface area contributed by atoms with Gasteiger partial charge < -0.3 is 19.8 Å². The number of alkyl halides is 3. The van der Waals surface area contributed by atoms with Gasteiger partial charge in [0.1, 0.15) is 17.2 Å². The first-order valence-corrected chi connectivity index (χ1v) is 16.4. The lowest BCUT2D eigenvalue weighted by molar-refractivity contribution is -0.274. The van der Waals surface area contributed by atoms with Crippen molar-refractivity contribution < 1.29 is 36.2 Å². The number of nitriles is 1. The molecule has 2 unspecified atom stereocenters. The maximum absolute atomic E-state index is 13.3. The number of aromatic nitrogens is 1. The maximum atomic E-state index is 13.3. The van der Waals surface area contributed by atoms with Crippen LogP contribution in [0.15, 0.2) is 52.9 Å². The van der Waals surface area contributed by atoms with E-state index >= 15 is 0 Å². The Morgan fingerprint density at radius 2 is 1.68 bits per heavy atom. The Morgan fingerprint density at radius 1 is 1.05 bits per heavy atom. The van der Waals surface area contributed by atoms with Gasteiger partial charge in [-0.05, 0) is 62.1 Å². The van der Waals surface area contributed by atoms with Crippen molar-refractivity contribution in [3.05, 3.63) is 54.3 Å². The Balaban J connectivity index is 1.42. The lowest BCUT2D eigenvalue weighted by Gasteiger charge is -2.44. The van der Waals surface area contributed by atoms with E-state index < -0.39 is 39.6 Å². The fraction of sp³-hybridized carbons (Fsp3) is 0.452. The molecule has 0 bridgehead atoms. The first-order chi connectivity index (χ1) is 20.9. The number of nitrogens with two attached hydrogens (primary N) is 1. The summed E-state index contributed by atoms with van der Waals surface area (Å²) in [4.78, 5) is 20.2. The van der Waals surface area contributed by atoms with Gasteiger partial charge in [0.15, 0.2) is 0 Å². The van der Waals surface area contributed by atoms with Crippen molar-refractivity contribution in [3.63, 3.8) is 0 Å². The van der Waals surface area contributed by atoms with Gasteiger partial charge in [-0.25, -0.2) is 4.98 Å². The molecule has 9 nitrogen and oxygen atoms in total. The van der Waals surface area contributed by atoms with Crippen LogP contribution in [0.4, 0.5) is 18.9 Å². The molecule has 1 amide bonds. The van der Waals surface area contributed by atoms with Gasteiger partial charge in [0.2, 0.25) is 11.8 Å². The second-order valence-corrected chi connectivity index (χ2v) is 14.3. The molecule has 2 saturated carbocycles. The molecular weight excluding hydrogens is 597 g/mol. The van der Waals surface area contributed by atoms with E-state index in [0.717, 1.165) is 18.5 Å². The fourth-order valence-corrected chi connectivity index (χ4v) is 8.16. The number of rotatable bonds is 7. The zero-order valence-electron chi connectivity index (χ0n) is 23.8. The van der Waals surface area contributed by atoms with E-state index in [1.807, 2.05) is 24.3 Å². The van der Waals surface area contributed by atoms with E-state index in [1.54, 1.807) is 0 Å². The summed E-state index contributed by atoms with van der Waals surface area (Å²) in [6.45, 7) is 1.02. The third-order valence-electron chi connectivity index (χ3n) is 9.35. The van der Waals surface area contributed by atoms with Crippen LogP contribution in [0.2, 0.25) is 0 Å². The number of carbonyl (C=O) groups excluding carboxylic acids is 1. The average molecular weight is 631 g/mol. The molecule has 0 spiro atoms. The predicted molar refractivity (Wildman–Crippen MR) is 159 cm³/mol. The summed E-state index contributed by atoms with van der Waals surface area (Å²) in [6, 6.07) is 15.2. The van der Waals surface area contributed by atoms with E-state index in [4.69, 9.17) is 15.1 Å². The molecule has 2 atom stereocenters. The summed E-state index contributed by atoms with van der Waals surface area (Å²) in [5.41, 5.74) is 6.58. The number of benzene rings is 2. The number of ether oxygens (including phenoxy) is 1. The summed E-state index contributed by atoms with van der Waals surface area (Å²) < 4.78 is 68.6. The minimum absolute atomic E-state index is 0.157. The number of carbonyl (C=O) groups is 1. The molecule has 44 heavy (non-hydrogen) atoms. The van der Waals surface area contributed by atoms with Crippen LogP contribution in [0.25, 0.3) is 22.7 Å². The second kappa shape index (κ2) is 11.0. The van der Waals surface area contributed by atoms with Crippen LogP contribution in [-0.2, 0) is 4.79 Å². The van der Waals surface area contributed by atoms with Crippen molar-refractivity contribution in [3.8, 4) is 34.5 Å². The van der Waals surface area contributed by atoms with E-state index in [0.29, 0.717) is 72.9 Å². The summed E-state index contributed by atoms with van der Waals surface area (Å²) in [5.74, 6) is -0.254. The van der Waals surface area contributed by atoms with Crippen molar-refractivity contribution in [1.82, 2.24) is 4.98 Å². The summed E-state index contributed by atoms with van der Waals surface area (Å²) in [7, 11) is -2.54. The van der Waals surface area contributed by atoms with Gasteiger partial charge >= 0.3 is 6.36 Å². The highest BCUT2D eigenvalue weighted by molar-refractivity contribution is 8.24. The van der Waals surface area contributed by atoms with Crippen molar-refractivity contribution in [2.24, 2.45) is 16.6 Å². The average Bonchev–Trinajstić information content (AvgIpc) is 3.68. The van der Waals surface area contributed by atoms with Gasteiger partial charge in [0.25, 0.3) is 0 Å². The standard InChI is InChI=1S/C31H33F3N4O5S/c32-31(33,34)43-23-10-6-21(7-11-23)27-37-25(20-4-8-22(9-5-20)38-15-17-44(40,41)18-16-38)26(42-27)24-3-1-2-12-30(24,28(36)39)29(19-35)13-14-29/h4-11,24,40-41H,1-3,12-18H2,(H2,36,39). The van der Waals surface area contributed by atoms with Gasteiger partial charge in [0, 0.05) is 35.8 Å². The molecule has 1 aliphatic heterocycles. The topological polar surface area (TPSA) is 146 Å². The fourth-order valence-electron chi connectivity index (χ4n) is 6.93. The molecule has 2 aliphatic carbocycles. The number of halogens is 3. The molecule has 234 valence electrons. The predicted octanol–water partition coefficient (Wildman–Crippen LogP) is 6.91. The van der Waals surface area contributed by atoms with Crippen molar-refractivity contribution >= 4 is 22.2 Å². The second-order valence-electron chi connectivity index (χ2n) is 11.9. The molecule has 1 saturated heterocycles. The van der Waals surface area contributed by atoms with Crippen molar-refractivity contribution in [2.75, 3.05) is 29.5 Å². The van der Waals surface area contributed by atoms with Crippen LogP contribution in [0.5, 0.6) is 5.75 Å². The van der Waals surface area contributed by atoms with E-state index in [1.165, 1.54) is 24.3 Å². The lowest BCUT2D eigenvalue weighted by Crippen LogP contribution is -2.50. The number of nitrogens with zero attached hydrogens (tertiary/aromatic N) is 3. The van der Waals surface area contributed by atoms with Crippen LogP contribution in [-0.4, -0.2) is 51.0 Å². The smallest absolute Gasteiger partial charge is 0.440 e. The maximum Gasteiger partial charge on any atom is 0.573 e. The monoisotopic (exact) mass is 630 g/mol. The van der Waals surface area contributed by atoms with Crippen LogP contribution in [0.3, 0.4) is 0 Å². The Kier molecular flexibility index (Phi) is 7.58. The number of primary amides is 1. The first kappa shape index (κ1) is 30.3. The quantitative estimate of drug-likeness (QED) is 0.255. The number of hydrogen-bond acceptors (Lipinski definition) is 8. The van der Waals surface area contributed by atoms with Crippen LogP contribution in [0.1, 0.15) is 50.2 Å². The van der Waals surface area contributed by atoms with Gasteiger partial charge in [-0.1, -0.05) is 25.0 Å². The molecule has 0 radical (unpaired) electrons. The summed E-state index contributed by atoms with van der Waals surface area (Å²) in [5, 5.41) is 10.2. The van der Waals surface area contributed by atoms with Gasteiger partial charge in [-0.15, -0.1) is 13.2 Å². The minimum atomic E-state index is -4.83. The van der Waals surface area contributed by atoms with Crippen molar-refractivity contribution in [1.29, 1.82) is 5.26 Å². The van der Waals surface area contributed by atoms with E-state index in [9.17, 15) is 32.3 Å². The van der Waals surface area contributed by atoms with Gasteiger partial charge in [-0.3, -0.25) is 13.9 Å². The van der Waals surface area contributed by atoms with E-state index in [2.05, 4.69) is 15.7 Å². The Labute approximate surface area is 254 Å². The number of anilines is 1. The third kappa shape index (κ3) is 5.50. The Morgan fingerprint density at radius 3 is 2.25 bits per heavy atom. The highest BCUT2D eigenvalue weighted by Gasteiger charge is 2.67. The molecule has 3 aromatic rings. The molecule has 1 aromatic heterocycles. The SMILES string of the molecule is N#CC1(C2(C(N)=O)CCCCC2c2oc(-c3ccc(OC(F)(F)F)cc3)nc2-c2ccc(N3CCS(O)(O)CC3)cc2)CC1. The van der Waals surface area contributed by atoms with Gasteiger partial charge in [0.05, 0.1) is 28.4 Å². The third-order valence-corrected chi connectivity index (χ3v) is 11.0.